The number of hydrogen-bond acceptors (Lipinski definition) is 1. The summed E-state index contributed by atoms with van der Waals surface area (Å²) in [5, 5.41) is 8.67. The van der Waals surface area contributed by atoms with E-state index in [1.807, 2.05) is 0 Å². The fourth-order valence-electron chi connectivity index (χ4n) is 2.25. The molecular weight excluding hydrogens is 158 g/mol. The molecule has 0 saturated heterocycles. The molecule has 1 aromatic carbocycles. The lowest BCUT2D eigenvalue weighted by Gasteiger charge is -2.07. The summed E-state index contributed by atoms with van der Waals surface area (Å²) < 4.78 is 0. The van der Waals surface area contributed by atoms with E-state index in [2.05, 4.69) is 31.2 Å². The van der Waals surface area contributed by atoms with Crippen molar-refractivity contribution in [3.8, 4) is 6.07 Å². The van der Waals surface area contributed by atoms with Crippen molar-refractivity contribution < 1.29 is 0 Å². The predicted molar refractivity (Wildman–Crippen MR) is 52.5 cm³/mol. The zero-order valence-corrected chi connectivity index (χ0v) is 7.88. The minimum atomic E-state index is 0.500. The summed E-state index contributed by atoms with van der Waals surface area (Å²) in [6.07, 6.45) is 3.00. The molecule has 13 heavy (non-hydrogen) atoms. The molecule has 0 N–H and O–H groups in total. The summed E-state index contributed by atoms with van der Waals surface area (Å²) in [7, 11) is 0. The monoisotopic (exact) mass is 171 g/mol. The van der Waals surface area contributed by atoms with Crippen LogP contribution in [0.5, 0.6) is 0 Å². The molecule has 1 nitrogen and oxygen atoms in total. The largest absolute Gasteiger partial charge is 0.198 e. The maximum absolute atomic E-state index is 8.67. The number of fused-ring (bicyclic) bond motifs is 1. The Kier molecular flexibility index (Phi) is 2.06. The van der Waals surface area contributed by atoms with E-state index in [4.69, 9.17) is 5.26 Å². The minimum Gasteiger partial charge on any atom is -0.198 e. The normalized spacial score (nSPS) is 19.5. The summed E-state index contributed by atoms with van der Waals surface area (Å²) in [5.41, 5.74) is 4.29. The van der Waals surface area contributed by atoms with E-state index in [1.54, 1.807) is 0 Å². The highest BCUT2D eigenvalue weighted by atomic mass is 14.3. The third-order valence-electron chi connectivity index (χ3n) is 2.97. The first-order valence-electron chi connectivity index (χ1n) is 4.78. The molecular formula is C12H13N. The number of rotatable bonds is 1. The number of nitriles is 1. The van der Waals surface area contributed by atoms with Crippen molar-refractivity contribution in [2.45, 2.75) is 32.1 Å². The van der Waals surface area contributed by atoms with Gasteiger partial charge in [-0.2, -0.15) is 5.26 Å². The molecule has 0 saturated carbocycles. The fraction of sp³-hybridized carbons (Fsp3) is 0.417. The fourth-order valence-corrected chi connectivity index (χ4v) is 2.25. The van der Waals surface area contributed by atoms with Crippen molar-refractivity contribution in [2.24, 2.45) is 0 Å². The number of nitrogens with zero attached hydrogens (tertiary/aromatic N) is 1. The van der Waals surface area contributed by atoms with Crippen LogP contribution in [0.15, 0.2) is 18.2 Å². The topological polar surface area (TPSA) is 23.8 Å². The molecule has 0 fully saturated rings. The molecule has 1 aliphatic carbocycles. The van der Waals surface area contributed by atoms with Crippen LogP contribution < -0.4 is 0 Å². The molecule has 0 bridgehead atoms. The summed E-state index contributed by atoms with van der Waals surface area (Å²) in [6.45, 7) is 2.16. The summed E-state index contributed by atoms with van der Waals surface area (Å²) in [6, 6.07) is 8.71. The van der Waals surface area contributed by atoms with E-state index < -0.39 is 0 Å². The first-order valence-corrected chi connectivity index (χ1v) is 4.78. The van der Waals surface area contributed by atoms with Gasteiger partial charge in [0.2, 0.25) is 0 Å². The predicted octanol–water partition coefficient (Wildman–Crippen LogP) is 2.94. The van der Waals surface area contributed by atoms with Gasteiger partial charge in [0.05, 0.1) is 6.07 Å². The van der Waals surface area contributed by atoms with E-state index >= 15 is 0 Å². The smallest absolute Gasteiger partial charge is 0.0628 e. The summed E-state index contributed by atoms with van der Waals surface area (Å²) >= 11 is 0. The standard InChI is InChI=1S/C12H13N/c1-9-3-2-4-12-10(7-8-13)5-6-11(9)12/h2-4,10H,5-7H2,1H3. The van der Waals surface area contributed by atoms with Gasteiger partial charge in [0.1, 0.15) is 0 Å². The molecule has 2 rings (SSSR count). The third-order valence-corrected chi connectivity index (χ3v) is 2.97. The van der Waals surface area contributed by atoms with Crippen molar-refractivity contribution in [1.82, 2.24) is 0 Å². The van der Waals surface area contributed by atoms with Gasteiger partial charge < -0.3 is 0 Å². The SMILES string of the molecule is Cc1cccc2c1CCC2CC#N. The minimum absolute atomic E-state index is 0.500. The molecule has 0 spiro atoms. The molecule has 1 aromatic rings. The van der Waals surface area contributed by atoms with Crippen LogP contribution in [0.25, 0.3) is 0 Å². The highest BCUT2D eigenvalue weighted by Gasteiger charge is 2.22. The average molecular weight is 171 g/mol. The Labute approximate surface area is 79.0 Å². The van der Waals surface area contributed by atoms with Crippen LogP contribution in [0, 0.1) is 18.3 Å². The van der Waals surface area contributed by atoms with E-state index in [-0.39, 0.29) is 0 Å². The lowest BCUT2D eigenvalue weighted by Crippen LogP contribution is -1.91. The molecule has 0 amide bonds. The second-order valence-electron chi connectivity index (χ2n) is 3.74. The van der Waals surface area contributed by atoms with Crippen LogP contribution in [0.2, 0.25) is 0 Å². The first kappa shape index (κ1) is 8.31. The zero-order chi connectivity index (χ0) is 9.26. The van der Waals surface area contributed by atoms with Crippen LogP contribution in [0.4, 0.5) is 0 Å². The van der Waals surface area contributed by atoms with Crippen molar-refractivity contribution in [2.75, 3.05) is 0 Å². The van der Waals surface area contributed by atoms with Crippen molar-refractivity contribution >= 4 is 0 Å². The van der Waals surface area contributed by atoms with E-state index in [0.29, 0.717) is 12.3 Å². The maximum Gasteiger partial charge on any atom is 0.0628 e. The van der Waals surface area contributed by atoms with Crippen LogP contribution in [0.1, 0.15) is 35.4 Å². The molecule has 0 heterocycles. The van der Waals surface area contributed by atoms with Gasteiger partial charge in [0.25, 0.3) is 0 Å². The zero-order valence-electron chi connectivity index (χ0n) is 7.88. The molecule has 1 atom stereocenters. The van der Waals surface area contributed by atoms with Crippen LogP contribution >= 0.6 is 0 Å². The molecule has 1 aliphatic rings. The van der Waals surface area contributed by atoms with E-state index in [1.165, 1.54) is 16.7 Å². The van der Waals surface area contributed by atoms with Crippen molar-refractivity contribution in [3.63, 3.8) is 0 Å². The highest BCUT2D eigenvalue weighted by Crippen LogP contribution is 2.36. The van der Waals surface area contributed by atoms with Gasteiger partial charge in [-0.25, -0.2) is 0 Å². The highest BCUT2D eigenvalue weighted by molar-refractivity contribution is 5.40. The van der Waals surface area contributed by atoms with Crippen molar-refractivity contribution in [3.05, 3.63) is 34.9 Å². The lowest BCUT2D eigenvalue weighted by molar-refractivity contribution is 0.695. The van der Waals surface area contributed by atoms with E-state index in [0.717, 1.165) is 12.8 Å². The van der Waals surface area contributed by atoms with Crippen LogP contribution in [-0.4, -0.2) is 0 Å². The number of hydrogen-bond donors (Lipinski definition) is 0. The molecule has 66 valence electrons. The van der Waals surface area contributed by atoms with Gasteiger partial charge in [0, 0.05) is 6.42 Å². The Morgan fingerprint density at radius 1 is 1.54 bits per heavy atom. The average Bonchev–Trinajstić information content (AvgIpc) is 2.51. The molecule has 0 aliphatic heterocycles. The van der Waals surface area contributed by atoms with Gasteiger partial charge in [-0.3, -0.25) is 0 Å². The Bertz CT molecular complexity index is 360. The Morgan fingerprint density at radius 2 is 2.38 bits per heavy atom. The van der Waals surface area contributed by atoms with E-state index in [9.17, 15) is 0 Å². The summed E-state index contributed by atoms with van der Waals surface area (Å²) in [4.78, 5) is 0. The van der Waals surface area contributed by atoms with Gasteiger partial charge in [0.15, 0.2) is 0 Å². The van der Waals surface area contributed by atoms with Gasteiger partial charge in [-0.1, -0.05) is 18.2 Å². The van der Waals surface area contributed by atoms with Gasteiger partial charge >= 0.3 is 0 Å². The Hall–Kier alpha value is -1.29. The third kappa shape index (κ3) is 1.33. The molecule has 0 aromatic heterocycles. The van der Waals surface area contributed by atoms with Crippen LogP contribution in [0.3, 0.4) is 0 Å². The molecule has 1 heteroatoms. The van der Waals surface area contributed by atoms with Crippen LogP contribution in [-0.2, 0) is 6.42 Å². The molecule has 1 unspecified atom stereocenters. The van der Waals surface area contributed by atoms with Gasteiger partial charge in [-0.15, -0.1) is 0 Å². The second-order valence-corrected chi connectivity index (χ2v) is 3.74. The maximum atomic E-state index is 8.67. The Morgan fingerprint density at radius 3 is 3.15 bits per heavy atom. The number of aryl methyl sites for hydroxylation is 1. The Balaban J connectivity index is 2.39. The first-order chi connectivity index (χ1) is 6.33. The van der Waals surface area contributed by atoms with Crippen molar-refractivity contribution in [1.29, 1.82) is 5.26 Å². The van der Waals surface area contributed by atoms with Gasteiger partial charge in [-0.05, 0) is 42.4 Å². The lowest BCUT2D eigenvalue weighted by atomic mass is 9.97. The molecule has 0 radical (unpaired) electrons. The quantitative estimate of drug-likeness (QED) is 0.637. The number of benzene rings is 1. The second kappa shape index (κ2) is 3.22. The summed E-state index contributed by atoms with van der Waals surface area (Å²) in [5.74, 6) is 0.500.